The highest BCUT2D eigenvalue weighted by Gasteiger charge is 2.27. The molecule has 1 amide bonds. The van der Waals surface area contributed by atoms with Crippen LogP contribution in [-0.4, -0.2) is 50.5 Å². The van der Waals surface area contributed by atoms with Crippen LogP contribution in [0, 0.1) is 0 Å². The summed E-state index contributed by atoms with van der Waals surface area (Å²) in [4.78, 5) is 12.3. The molecular formula is C21H26N2O6S. The van der Waals surface area contributed by atoms with E-state index in [4.69, 9.17) is 9.47 Å². The molecule has 3 rings (SSSR count). The average Bonchev–Trinajstić information content (AvgIpc) is 3.29. The number of nitrogens with one attached hydrogen (secondary N) is 1. The molecule has 1 aliphatic rings. The van der Waals surface area contributed by atoms with Gasteiger partial charge in [0.25, 0.3) is 0 Å². The second-order valence-corrected chi connectivity index (χ2v) is 8.90. The summed E-state index contributed by atoms with van der Waals surface area (Å²) in [6, 6.07) is 11.1. The number of sulfonamides is 1. The summed E-state index contributed by atoms with van der Waals surface area (Å²) in [5.41, 5.74) is 0.0799. The summed E-state index contributed by atoms with van der Waals surface area (Å²) in [5.74, 6) is 0.891. The molecule has 0 radical (unpaired) electrons. The van der Waals surface area contributed by atoms with Gasteiger partial charge in [0, 0.05) is 19.5 Å². The van der Waals surface area contributed by atoms with Crippen molar-refractivity contribution < 1.29 is 27.8 Å². The molecule has 2 N–H and O–H groups in total. The minimum Gasteiger partial charge on any atom is -0.506 e. The Morgan fingerprint density at radius 3 is 2.43 bits per heavy atom. The summed E-state index contributed by atoms with van der Waals surface area (Å²) in [5, 5.41) is 12.6. The van der Waals surface area contributed by atoms with Gasteiger partial charge in [-0.15, -0.1) is 0 Å². The quantitative estimate of drug-likeness (QED) is 0.464. The Morgan fingerprint density at radius 2 is 1.77 bits per heavy atom. The standard InChI is InChI=1S/C21H26N2O6S/c1-28-16-6-8-17(9-7-16)29-14-4-5-21(25)22-19-15-18(10-11-20(19)24)30(26,27)23-12-2-3-13-23/h6-11,15,24H,2-5,12-14H2,1H3,(H,22,25). The molecule has 0 unspecified atom stereocenters. The number of carbonyl (C=O) groups excluding carboxylic acids is 1. The van der Waals surface area contributed by atoms with Gasteiger partial charge >= 0.3 is 0 Å². The van der Waals surface area contributed by atoms with Crippen molar-refractivity contribution in [3.63, 3.8) is 0 Å². The van der Waals surface area contributed by atoms with Gasteiger partial charge in [0.05, 0.1) is 24.3 Å². The minimum atomic E-state index is -3.63. The van der Waals surface area contributed by atoms with Crippen molar-refractivity contribution in [3.8, 4) is 17.2 Å². The lowest BCUT2D eigenvalue weighted by molar-refractivity contribution is -0.116. The molecule has 0 aliphatic carbocycles. The first-order chi connectivity index (χ1) is 14.4. The normalized spacial score (nSPS) is 14.4. The monoisotopic (exact) mass is 434 g/mol. The molecule has 0 atom stereocenters. The lowest BCUT2D eigenvalue weighted by Crippen LogP contribution is -2.28. The highest BCUT2D eigenvalue weighted by atomic mass is 32.2. The van der Waals surface area contributed by atoms with Crippen molar-refractivity contribution in [1.82, 2.24) is 4.31 Å². The molecule has 1 heterocycles. The molecule has 1 saturated heterocycles. The predicted molar refractivity (Wildman–Crippen MR) is 112 cm³/mol. The van der Waals surface area contributed by atoms with Crippen molar-refractivity contribution in [3.05, 3.63) is 42.5 Å². The van der Waals surface area contributed by atoms with Gasteiger partial charge in [0.2, 0.25) is 15.9 Å². The SMILES string of the molecule is COc1ccc(OCCCC(=O)Nc2cc(S(=O)(=O)N3CCCC3)ccc2O)cc1. The largest absolute Gasteiger partial charge is 0.506 e. The van der Waals surface area contributed by atoms with Crippen LogP contribution in [0.15, 0.2) is 47.4 Å². The van der Waals surface area contributed by atoms with E-state index in [2.05, 4.69) is 5.32 Å². The van der Waals surface area contributed by atoms with Crippen LogP contribution in [0.1, 0.15) is 25.7 Å². The summed E-state index contributed by atoms with van der Waals surface area (Å²) >= 11 is 0. The van der Waals surface area contributed by atoms with E-state index in [0.717, 1.165) is 18.6 Å². The molecule has 8 nitrogen and oxygen atoms in total. The van der Waals surface area contributed by atoms with Gasteiger partial charge in [-0.1, -0.05) is 0 Å². The second kappa shape index (κ2) is 9.82. The van der Waals surface area contributed by atoms with Gasteiger partial charge < -0.3 is 19.9 Å². The molecule has 1 fully saturated rings. The molecule has 9 heteroatoms. The van der Waals surface area contributed by atoms with Crippen LogP contribution in [-0.2, 0) is 14.8 Å². The summed E-state index contributed by atoms with van der Waals surface area (Å²) in [6.45, 7) is 1.31. The highest BCUT2D eigenvalue weighted by molar-refractivity contribution is 7.89. The van der Waals surface area contributed by atoms with Gasteiger partial charge in [-0.2, -0.15) is 4.31 Å². The number of hydrogen-bond donors (Lipinski definition) is 2. The van der Waals surface area contributed by atoms with Crippen LogP contribution < -0.4 is 14.8 Å². The molecule has 2 aromatic rings. The fourth-order valence-corrected chi connectivity index (χ4v) is 4.70. The van der Waals surface area contributed by atoms with Crippen molar-refractivity contribution >= 4 is 21.6 Å². The molecule has 0 spiro atoms. The zero-order valence-electron chi connectivity index (χ0n) is 16.8. The number of phenolic OH excluding ortho intramolecular Hbond substituents is 1. The van der Waals surface area contributed by atoms with Crippen molar-refractivity contribution in [2.75, 3.05) is 32.1 Å². The number of methoxy groups -OCH3 is 1. The van der Waals surface area contributed by atoms with Crippen molar-refractivity contribution in [2.24, 2.45) is 0 Å². The Labute approximate surface area is 176 Å². The topological polar surface area (TPSA) is 105 Å². The zero-order chi connectivity index (χ0) is 21.6. The van der Waals surface area contributed by atoms with Crippen LogP contribution in [0.25, 0.3) is 0 Å². The van der Waals surface area contributed by atoms with Gasteiger partial charge in [-0.05, 0) is 61.7 Å². The van der Waals surface area contributed by atoms with E-state index >= 15 is 0 Å². The molecular weight excluding hydrogens is 408 g/mol. The Balaban J connectivity index is 1.53. The van der Waals surface area contributed by atoms with Crippen LogP contribution in [0.3, 0.4) is 0 Å². The maximum absolute atomic E-state index is 12.7. The number of phenols is 1. The predicted octanol–water partition coefficient (Wildman–Crippen LogP) is 2.98. The number of carbonyl (C=O) groups is 1. The molecule has 0 bridgehead atoms. The first kappa shape index (κ1) is 21.9. The minimum absolute atomic E-state index is 0.0559. The van der Waals surface area contributed by atoms with E-state index in [0.29, 0.717) is 31.9 Å². The first-order valence-electron chi connectivity index (χ1n) is 9.80. The molecule has 1 aliphatic heterocycles. The maximum atomic E-state index is 12.7. The number of nitrogens with zero attached hydrogens (tertiary/aromatic N) is 1. The van der Waals surface area contributed by atoms with Gasteiger partial charge in [-0.3, -0.25) is 4.79 Å². The number of ether oxygens (including phenoxy) is 2. The molecule has 0 aromatic heterocycles. The van der Waals surface area contributed by atoms with E-state index in [-0.39, 0.29) is 28.7 Å². The van der Waals surface area contributed by atoms with Gasteiger partial charge in [-0.25, -0.2) is 8.42 Å². The number of hydrogen-bond acceptors (Lipinski definition) is 6. The van der Waals surface area contributed by atoms with Crippen LogP contribution >= 0.6 is 0 Å². The third-order valence-corrected chi connectivity index (χ3v) is 6.72. The average molecular weight is 435 g/mol. The van der Waals surface area contributed by atoms with E-state index in [1.54, 1.807) is 31.4 Å². The second-order valence-electron chi connectivity index (χ2n) is 6.97. The van der Waals surface area contributed by atoms with Crippen molar-refractivity contribution in [1.29, 1.82) is 0 Å². The van der Waals surface area contributed by atoms with Crippen molar-refractivity contribution in [2.45, 2.75) is 30.6 Å². The number of aromatic hydroxyl groups is 1. The molecule has 0 saturated carbocycles. The Morgan fingerprint density at radius 1 is 1.10 bits per heavy atom. The fourth-order valence-electron chi connectivity index (χ4n) is 3.16. The van der Waals surface area contributed by atoms with E-state index in [1.165, 1.54) is 22.5 Å². The number of amides is 1. The maximum Gasteiger partial charge on any atom is 0.243 e. The first-order valence-corrected chi connectivity index (χ1v) is 11.2. The smallest absolute Gasteiger partial charge is 0.243 e. The van der Waals surface area contributed by atoms with E-state index < -0.39 is 10.0 Å². The lowest BCUT2D eigenvalue weighted by Gasteiger charge is -2.16. The number of benzene rings is 2. The summed E-state index contributed by atoms with van der Waals surface area (Å²) in [7, 11) is -2.04. The Kier molecular flexibility index (Phi) is 7.17. The van der Waals surface area contributed by atoms with Gasteiger partial charge in [0.15, 0.2) is 0 Å². The number of rotatable bonds is 9. The third kappa shape index (κ3) is 5.43. The van der Waals surface area contributed by atoms with Crippen LogP contribution in [0.5, 0.6) is 17.2 Å². The third-order valence-electron chi connectivity index (χ3n) is 4.82. The van der Waals surface area contributed by atoms with Crippen LogP contribution in [0.4, 0.5) is 5.69 Å². The summed E-state index contributed by atoms with van der Waals surface area (Å²) < 4.78 is 37.4. The summed E-state index contributed by atoms with van der Waals surface area (Å²) in [6.07, 6.45) is 2.29. The Hall–Kier alpha value is -2.78. The highest BCUT2D eigenvalue weighted by Crippen LogP contribution is 2.29. The molecule has 162 valence electrons. The fraction of sp³-hybridized carbons (Fsp3) is 0.381. The Bertz CT molecular complexity index is 969. The lowest BCUT2D eigenvalue weighted by atomic mass is 10.2. The number of anilines is 1. The molecule has 30 heavy (non-hydrogen) atoms. The van der Waals surface area contributed by atoms with E-state index in [1.807, 2.05) is 0 Å². The van der Waals surface area contributed by atoms with E-state index in [9.17, 15) is 18.3 Å². The van der Waals surface area contributed by atoms with Gasteiger partial charge in [0.1, 0.15) is 17.2 Å². The zero-order valence-corrected chi connectivity index (χ0v) is 17.7. The van der Waals surface area contributed by atoms with Crippen LogP contribution in [0.2, 0.25) is 0 Å². The molecule has 2 aromatic carbocycles.